The van der Waals surface area contributed by atoms with Crippen molar-refractivity contribution in [1.29, 1.82) is 0 Å². The van der Waals surface area contributed by atoms with Gasteiger partial charge in [-0.25, -0.2) is 18.1 Å². The molecule has 0 saturated carbocycles. The molecule has 0 saturated heterocycles. The summed E-state index contributed by atoms with van der Waals surface area (Å²) in [7, 11) is -3.46. The highest BCUT2D eigenvalue weighted by Gasteiger charge is 2.14. The lowest BCUT2D eigenvalue weighted by atomic mass is 10.1. The summed E-state index contributed by atoms with van der Waals surface area (Å²) in [5.74, 6) is -0.154. The quantitative estimate of drug-likeness (QED) is 0.794. The predicted molar refractivity (Wildman–Crippen MR) is 83.2 cm³/mol. The Labute approximate surface area is 129 Å². The van der Waals surface area contributed by atoms with E-state index in [-0.39, 0.29) is 18.3 Å². The van der Waals surface area contributed by atoms with Crippen LogP contribution in [0.5, 0.6) is 0 Å². The lowest BCUT2D eigenvalue weighted by Gasteiger charge is -2.13. The van der Waals surface area contributed by atoms with Crippen molar-refractivity contribution in [2.24, 2.45) is 5.73 Å². The van der Waals surface area contributed by atoms with Gasteiger partial charge in [0.05, 0.1) is 5.75 Å². The zero-order valence-electron chi connectivity index (χ0n) is 11.2. The minimum absolute atomic E-state index is 0.146. The van der Waals surface area contributed by atoms with Crippen LogP contribution in [0, 0.1) is 0 Å². The molecule has 2 aromatic rings. The Balaban J connectivity index is 1.94. The number of aromatic nitrogens is 1. The lowest BCUT2D eigenvalue weighted by molar-refractivity contribution is 0.571. The van der Waals surface area contributed by atoms with Crippen LogP contribution in [-0.4, -0.2) is 19.9 Å². The summed E-state index contributed by atoms with van der Waals surface area (Å²) in [5.41, 5.74) is 7.41. The van der Waals surface area contributed by atoms with E-state index in [0.29, 0.717) is 10.7 Å². The molecule has 0 aliphatic carbocycles. The molecule has 0 bridgehead atoms. The van der Waals surface area contributed by atoms with E-state index < -0.39 is 10.0 Å². The monoisotopic (exact) mass is 325 g/mol. The van der Waals surface area contributed by atoms with Crippen molar-refractivity contribution in [3.63, 3.8) is 0 Å². The van der Waals surface area contributed by atoms with Crippen LogP contribution in [0.1, 0.15) is 17.2 Å². The van der Waals surface area contributed by atoms with Gasteiger partial charge in [0.2, 0.25) is 10.0 Å². The summed E-state index contributed by atoms with van der Waals surface area (Å²) in [6.45, 7) is 0.146. The average Bonchev–Trinajstić information content (AvgIpc) is 2.48. The van der Waals surface area contributed by atoms with Crippen LogP contribution in [0.4, 0.5) is 0 Å². The number of nitrogens with one attached hydrogen (secondary N) is 1. The summed E-state index contributed by atoms with van der Waals surface area (Å²) in [6, 6.07) is 12.1. The van der Waals surface area contributed by atoms with Crippen LogP contribution < -0.4 is 10.5 Å². The second-order valence-corrected chi connectivity index (χ2v) is 6.81. The predicted octanol–water partition coefficient (Wildman–Crippen LogP) is 1.85. The molecule has 1 atom stereocenters. The number of sulfonamides is 1. The van der Waals surface area contributed by atoms with Crippen LogP contribution in [-0.2, 0) is 15.8 Å². The van der Waals surface area contributed by atoms with E-state index in [9.17, 15) is 8.42 Å². The van der Waals surface area contributed by atoms with Gasteiger partial charge in [-0.3, -0.25) is 0 Å². The molecule has 0 radical (unpaired) electrons. The highest BCUT2D eigenvalue weighted by atomic mass is 35.5. The molecule has 0 aliphatic heterocycles. The van der Waals surface area contributed by atoms with Crippen LogP contribution >= 0.6 is 11.6 Å². The van der Waals surface area contributed by atoms with Gasteiger partial charge in [-0.1, -0.05) is 48.0 Å². The SMILES string of the molecule is NC(CNS(=O)(=O)Cc1ccc(Cl)nc1)c1ccccc1. The molecule has 0 amide bonds. The highest BCUT2D eigenvalue weighted by Crippen LogP contribution is 2.11. The summed E-state index contributed by atoms with van der Waals surface area (Å²) in [4.78, 5) is 3.85. The Morgan fingerprint density at radius 3 is 2.52 bits per heavy atom. The largest absolute Gasteiger partial charge is 0.323 e. The molecular weight excluding hydrogens is 310 g/mol. The highest BCUT2D eigenvalue weighted by molar-refractivity contribution is 7.88. The molecule has 5 nitrogen and oxygen atoms in total. The number of hydrogen-bond donors (Lipinski definition) is 2. The standard InChI is InChI=1S/C14H16ClN3O2S/c15-14-7-6-11(8-17-14)10-21(19,20)18-9-13(16)12-4-2-1-3-5-12/h1-8,13,18H,9-10,16H2. The number of hydrogen-bond acceptors (Lipinski definition) is 4. The lowest BCUT2D eigenvalue weighted by Crippen LogP contribution is -2.32. The average molecular weight is 326 g/mol. The molecule has 1 aromatic carbocycles. The third-order valence-electron chi connectivity index (χ3n) is 2.90. The van der Waals surface area contributed by atoms with Crippen molar-refractivity contribution in [2.45, 2.75) is 11.8 Å². The van der Waals surface area contributed by atoms with Gasteiger partial charge >= 0.3 is 0 Å². The molecule has 1 unspecified atom stereocenters. The second kappa shape index (κ2) is 7.00. The molecule has 7 heteroatoms. The third-order valence-corrected chi connectivity index (χ3v) is 4.44. The topological polar surface area (TPSA) is 85.1 Å². The molecule has 21 heavy (non-hydrogen) atoms. The van der Waals surface area contributed by atoms with Gasteiger partial charge in [0.1, 0.15) is 5.15 Å². The first-order valence-corrected chi connectivity index (χ1v) is 8.37. The number of rotatable bonds is 6. The van der Waals surface area contributed by atoms with Crippen LogP contribution in [0.2, 0.25) is 5.15 Å². The minimum Gasteiger partial charge on any atom is -0.323 e. The molecule has 0 aliphatic rings. The van der Waals surface area contributed by atoms with E-state index in [4.69, 9.17) is 17.3 Å². The fraction of sp³-hybridized carbons (Fsp3) is 0.214. The van der Waals surface area contributed by atoms with Crippen molar-refractivity contribution < 1.29 is 8.42 Å². The number of nitrogens with zero attached hydrogens (tertiary/aromatic N) is 1. The van der Waals surface area contributed by atoms with Crippen molar-refractivity contribution >= 4 is 21.6 Å². The van der Waals surface area contributed by atoms with Crippen LogP contribution in [0.25, 0.3) is 0 Å². The molecule has 1 heterocycles. The minimum atomic E-state index is -3.46. The van der Waals surface area contributed by atoms with Gasteiger partial charge < -0.3 is 5.73 Å². The Morgan fingerprint density at radius 2 is 1.90 bits per heavy atom. The first-order valence-electron chi connectivity index (χ1n) is 6.34. The van der Waals surface area contributed by atoms with Crippen molar-refractivity contribution in [1.82, 2.24) is 9.71 Å². The van der Waals surface area contributed by atoms with Crippen LogP contribution in [0.15, 0.2) is 48.7 Å². The third kappa shape index (κ3) is 5.09. The van der Waals surface area contributed by atoms with Gasteiger partial charge in [-0.05, 0) is 17.2 Å². The Hall–Kier alpha value is -1.47. The molecule has 3 N–H and O–H groups in total. The first-order chi connectivity index (χ1) is 9.96. The maximum atomic E-state index is 12.0. The molecule has 1 aromatic heterocycles. The Kier molecular flexibility index (Phi) is 5.30. The maximum Gasteiger partial charge on any atom is 0.215 e. The fourth-order valence-corrected chi connectivity index (χ4v) is 3.05. The zero-order valence-corrected chi connectivity index (χ0v) is 12.8. The Morgan fingerprint density at radius 1 is 1.19 bits per heavy atom. The molecule has 0 fully saturated rings. The number of benzene rings is 1. The van der Waals surface area contributed by atoms with Crippen molar-refractivity contribution in [3.8, 4) is 0 Å². The number of nitrogens with two attached hydrogens (primary N) is 1. The maximum absolute atomic E-state index is 12.0. The number of halogens is 1. The smallest absolute Gasteiger partial charge is 0.215 e. The van der Waals surface area contributed by atoms with Gasteiger partial charge in [-0.15, -0.1) is 0 Å². The van der Waals surface area contributed by atoms with E-state index in [0.717, 1.165) is 5.56 Å². The number of pyridine rings is 1. The molecule has 2 rings (SSSR count). The van der Waals surface area contributed by atoms with Crippen LogP contribution in [0.3, 0.4) is 0 Å². The Bertz CT molecular complexity index is 675. The second-order valence-electron chi connectivity index (χ2n) is 4.61. The van der Waals surface area contributed by atoms with Crippen molar-refractivity contribution in [2.75, 3.05) is 6.54 Å². The summed E-state index contributed by atoms with van der Waals surface area (Å²) in [6.07, 6.45) is 1.44. The summed E-state index contributed by atoms with van der Waals surface area (Å²) in [5, 5.41) is 0.329. The van der Waals surface area contributed by atoms with E-state index in [1.165, 1.54) is 6.20 Å². The molecule has 112 valence electrons. The van der Waals surface area contributed by atoms with Gasteiger partial charge in [0.25, 0.3) is 0 Å². The summed E-state index contributed by atoms with van der Waals surface area (Å²) < 4.78 is 26.5. The van der Waals surface area contributed by atoms with E-state index in [1.807, 2.05) is 30.3 Å². The normalized spacial score (nSPS) is 13.0. The fourth-order valence-electron chi connectivity index (χ4n) is 1.80. The van der Waals surface area contributed by atoms with Crippen molar-refractivity contribution in [3.05, 3.63) is 64.9 Å². The van der Waals surface area contributed by atoms with Gasteiger partial charge in [0.15, 0.2) is 0 Å². The molecular formula is C14H16ClN3O2S. The van der Waals surface area contributed by atoms with E-state index >= 15 is 0 Å². The zero-order chi connectivity index (χ0) is 15.3. The first kappa shape index (κ1) is 15.9. The molecule has 0 spiro atoms. The summed E-state index contributed by atoms with van der Waals surface area (Å²) >= 11 is 5.66. The van der Waals surface area contributed by atoms with E-state index in [1.54, 1.807) is 12.1 Å². The van der Waals surface area contributed by atoms with E-state index in [2.05, 4.69) is 9.71 Å². The van der Waals surface area contributed by atoms with Gasteiger partial charge in [-0.2, -0.15) is 0 Å². The van der Waals surface area contributed by atoms with Gasteiger partial charge in [0, 0.05) is 18.8 Å².